The van der Waals surface area contributed by atoms with E-state index < -0.39 is 5.82 Å². The van der Waals surface area contributed by atoms with Gasteiger partial charge in [-0.2, -0.15) is 5.26 Å². The first-order valence-corrected chi connectivity index (χ1v) is 12.7. The number of rotatable bonds is 3. The van der Waals surface area contributed by atoms with Crippen molar-refractivity contribution in [2.24, 2.45) is 0 Å². The molecule has 2 unspecified atom stereocenters. The van der Waals surface area contributed by atoms with Crippen LogP contribution >= 0.6 is 0 Å². The van der Waals surface area contributed by atoms with E-state index in [-0.39, 0.29) is 29.5 Å². The van der Waals surface area contributed by atoms with Crippen molar-refractivity contribution in [2.45, 2.75) is 44.2 Å². The maximum absolute atomic E-state index is 14.0. The molecular weight excluding hydrogens is 473 g/mol. The Morgan fingerprint density at radius 3 is 2.86 bits per heavy atom. The van der Waals surface area contributed by atoms with E-state index in [4.69, 9.17) is 4.74 Å². The Morgan fingerprint density at radius 2 is 2.05 bits per heavy atom. The second-order valence-corrected chi connectivity index (χ2v) is 10.1. The number of carbonyl (C=O) groups excluding carboxylic acids is 1. The summed E-state index contributed by atoms with van der Waals surface area (Å²) in [5.41, 5.74) is 4.77. The number of ether oxygens (including phenoxy) is 1. The number of nitriles is 1. The molecule has 190 valence electrons. The van der Waals surface area contributed by atoms with Crippen LogP contribution in [0.1, 0.15) is 52.7 Å². The van der Waals surface area contributed by atoms with Crippen molar-refractivity contribution in [2.75, 3.05) is 32.8 Å². The van der Waals surface area contributed by atoms with Crippen LogP contribution < -0.4 is 0 Å². The molecule has 0 saturated carbocycles. The van der Waals surface area contributed by atoms with Gasteiger partial charge in [0.15, 0.2) is 0 Å². The Morgan fingerprint density at radius 1 is 1.19 bits per heavy atom. The van der Waals surface area contributed by atoms with Gasteiger partial charge in [0.2, 0.25) is 5.91 Å². The van der Waals surface area contributed by atoms with Gasteiger partial charge in [-0.3, -0.25) is 9.69 Å². The number of tetrazole rings is 1. The molecular formula is C27H28FN7O2. The Labute approximate surface area is 214 Å². The van der Waals surface area contributed by atoms with Crippen molar-refractivity contribution in [1.29, 1.82) is 5.26 Å². The minimum Gasteiger partial charge on any atom is -0.370 e. The van der Waals surface area contributed by atoms with Crippen LogP contribution in [0.5, 0.6) is 0 Å². The summed E-state index contributed by atoms with van der Waals surface area (Å²) in [5.74, 6) is -0.451. The molecule has 2 aromatic carbocycles. The second-order valence-electron chi connectivity index (χ2n) is 10.1. The summed E-state index contributed by atoms with van der Waals surface area (Å²) in [5, 5.41) is 20.7. The average molecular weight is 502 g/mol. The molecule has 0 bridgehead atoms. The zero-order valence-corrected chi connectivity index (χ0v) is 20.7. The summed E-state index contributed by atoms with van der Waals surface area (Å²) in [6, 6.07) is 11.3. The van der Waals surface area contributed by atoms with Gasteiger partial charge in [0, 0.05) is 26.2 Å². The third kappa shape index (κ3) is 4.28. The van der Waals surface area contributed by atoms with E-state index in [0.717, 1.165) is 42.6 Å². The summed E-state index contributed by atoms with van der Waals surface area (Å²) in [4.78, 5) is 18.1. The normalized spacial score (nSPS) is 23.7. The average Bonchev–Trinajstić information content (AvgIpc) is 3.47. The molecule has 3 atom stereocenters. The third-order valence-electron chi connectivity index (χ3n) is 8.07. The van der Waals surface area contributed by atoms with Crippen LogP contribution in [0.4, 0.5) is 4.39 Å². The highest BCUT2D eigenvalue weighted by atomic mass is 19.1. The van der Waals surface area contributed by atoms with Gasteiger partial charge < -0.3 is 9.64 Å². The SMILES string of the molecule is Cc1c([C@H]2CN3CCN(C(=O)C4CCCc5cc(-n6cnnn6)ccc54)CC3CO2)ccc(F)c1C#N. The van der Waals surface area contributed by atoms with E-state index >= 15 is 0 Å². The van der Waals surface area contributed by atoms with Crippen molar-refractivity contribution in [3.63, 3.8) is 0 Å². The van der Waals surface area contributed by atoms with Crippen LogP contribution in [0, 0.1) is 24.1 Å². The Kier molecular flexibility index (Phi) is 6.18. The Balaban J connectivity index is 1.14. The third-order valence-corrected chi connectivity index (χ3v) is 8.07. The lowest BCUT2D eigenvalue weighted by atomic mass is 9.81. The van der Waals surface area contributed by atoms with Crippen LogP contribution in [0.25, 0.3) is 5.69 Å². The Hall–Kier alpha value is -3.68. The highest BCUT2D eigenvalue weighted by molar-refractivity contribution is 5.84. The maximum Gasteiger partial charge on any atom is 0.230 e. The number of hydrogen-bond acceptors (Lipinski definition) is 7. The van der Waals surface area contributed by atoms with E-state index in [1.165, 1.54) is 11.6 Å². The van der Waals surface area contributed by atoms with E-state index in [1.54, 1.807) is 24.0 Å². The van der Waals surface area contributed by atoms with Gasteiger partial charge in [-0.1, -0.05) is 12.1 Å². The highest BCUT2D eigenvalue weighted by Gasteiger charge is 2.38. The zero-order valence-electron chi connectivity index (χ0n) is 20.7. The predicted molar refractivity (Wildman–Crippen MR) is 131 cm³/mol. The molecule has 0 N–H and O–H groups in total. The fourth-order valence-electron chi connectivity index (χ4n) is 6.05. The second kappa shape index (κ2) is 9.65. The molecule has 1 aromatic heterocycles. The molecule has 3 aliphatic rings. The number of aromatic nitrogens is 4. The minimum absolute atomic E-state index is 0.0801. The number of hydrogen-bond donors (Lipinski definition) is 0. The first kappa shape index (κ1) is 23.7. The minimum atomic E-state index is -0.500. The summed E-state index contributed by atoms with van der Waals surface area (Å²) < 4.78 is 21.8. The lowest BCUT2D eigenvalue weighted by molar-refractivity contribution is -0.142. The van der Waals surface area contributed by atoms with E-state index in [0.29, 0.717) is 31.8 Å². The number of aryl methyl sites for hydroxylation is 1. The summed E-state index contributed by atoms with van der Waals surface area (Å²) in [6.07, 6.45) is 4.12. The molecule has 1 amide bonds. The molecule has 37 heavy (non-hydrogen) atoms. The van der Waals surface area contributed by atoms with E-state index in [2.05, 4.69) is 32.6 Å². The number of nitrogens with zero attached hydrogens (tertiary/aromatic N) is 7. The smallest absolute Gasteiger partial charge is 0.230 e. The van der Waals surface area contributed by atoms with Crippen molar-refractivity contribution < 1.29 is 13.9 Å². The van der Waals surface area contributed by atoms with Gasteiger partial charge in [-0.15, -0.1) is 5.10 Å². The monoisotopic (exact) mass is 501 g/mol. The van der Waals surface area contributed by atoms with Gasteiger partial charge in [0.25, 0.3) is 0 Å². The summed E-state index contributed by atoms with van der Waals surface area (Å²) >= 11 is 0. The molecule has 9 nitrogen and oxygen atoms in total. The first-order valence-electron chi connectivity index (χ1n) is 12.7. The molecule has 0 spiro atoms. The van der Waals surface area contributed by atoms with Crippen LogP contribution in [0.2, 0.25) is 0 Å². The number of benzene rings is 2. The predicted octanol–water partition coefficient (Wildman–Crippen LogP) is 2.69. The maximum atomic E-state index is 14.0. The van der Waals surface area contributed by atoms with Crippen molar-refractivity contribution in [3.05, 3.63) is 70.3 Å². The fourth-order valence-corrected chi connectivity index (χ4v) is 6.05. The Bertz CT molecular complexity index is 1370. The number of carbonyl (C=O) groups is 1. The zero-order chi connectivity index (χ0) is 25.5. The molecule has 10 heteroatoms. The standard InChI is InChI=1S/C27H28FN7O2/c1-17-21(7-8-25(28)24(17)12-29)26-14-33-9-10-34(13-20(33)15-37-26)27(36)23-4-2-3-18-11-19(5-6-22(18)23)35-16-30-31-32-35/h5-8,11,16,20,23,26H,2-4,9-10,13-15H2,1H3/t20?,23?,26-/m1/s1. The van der Waals surface area contributed by atoms with E-state index in [1.807, 2.05) is 17.0 Å². The quantitative estimate of drug-likeness (QED) is 0.544. The fraction of sp³-hybridized carbons (Fsp3) is 0.444. The number of fused-ring (bicyclic) bond motifs is 2. The highest BCUT2D eigenvalue weighted by Crippen LogP contribution is 2.36. The molecule has 2 saturated heterocycles. The number of amides is 1. The van der Waals surface area contributed by atoms with Crippen LogP contribution in [-0.2, 0) is 16.0 Å². The van der Waals surface area contributed by atoms with Gasteiger partial charge >= 0.3 is 0 Å². The molecule has 2 fully saturated rings. The van der Waals surface area contributed by atoms with Gasteiger partial charge in [-0.05, 0) is 77.1 Å². The molecule has 3 heterocycles. The molecule has 6 rings (SSSR count). The lowest BCUT2D eigenvalue weighted by Gasteiger charge is -2.47. The van der Waals surface area contributed by atoms with Crippen LogP contribution in [-0.4, -0.2) is 74.7 Å². The summed E-state index contributed by atoms with van der Waals surface area (Å²) in [7, 11) is 0. The molecule has 3 aromatic rings. The van der Waals surface area contributed by atoms with Gasteiger partial charge in [-0.25, -0.2) is 9.07 Å². The number of halogens is 1. The topological polar surface area (TPSA) is 100 Å². The van der Waals surface area contributed by atoms with Crippen molar-refractivity contribution in [3.8, 4) is 11.8 Å². The first-order chi connectivity index (χ1) is 18.0. The lowest BCUT2D eigenvalue weighted by Crippen LogP contribution is -2.60. The van der Waals surface area contributed by atoms with Crippen molar-refractivity contribution >= 4 is 5.91 Å². The van der Waals surface area contributed by atoms with Crippen LogP contribution in [0.3, 0.4) is 0 Å². The van der Waals surface area contributed by atoms with Gasteiger partial charge in [0.1, 0.15) is 18.2 Å². The summed E-state index contributed by atoms with van der Waals surface area (Å²) in [6.45, 7) is 4.99. The molecule has 1 aliphatic carbocycles. The largest absolute Gasteiger partial charge is 0.370 e. The molecule has 0 radical (unpaired) electrons. The van der Waals surface area contributed by atoms with Crippen LogP contribution in [0.15, 0.2) is 36.7 Å². The number of morpholine rings is 1. The van der Waals surface area contributed by atoms with E-state index in [9.17, 15) is 14.4 Å². The molecule has 2 aliphatic heterocycles. The number of piperazine rings is 1. The van der Waals surface area contributed by atoms with Crippen molar-refractivity contribution in [1.82, 2.24) is 30.0 Å². The van der Waals surface area contributed by atoms with Gasteiger partial charge in [0.05, 0.1) is 35.9 Å².